The molecular weight excluding hydrogens is 327 g/mol. The summed E-state index contributed by atoms with van der Waals surface area (Å²) in [4.78, 5) is 26.0. The van der Waals surface area contributed by atoms with Crippen LogP contribution in [0.5, 0.6) is 0 Å². The summed E-state index contributed by atoms with van der Waals surface area (Å²) >= 11 is 1.38. The van der Waals surface area contributed by atoms with Crippen LogP contribution in [0.2, 0.25) is 0 Å². The molecule has 0 radical (unpaired) electrons. The van der Waals surface area contributed by atoms with Crippen molar-refractivity contribution in [2.75, 3.05) is 11.4 Å². The molecule has 1 heterocycles. The summed E-state index contributed by atoms with van der Waals surface area (Å²) in [6.07, 6.45) is 0.0357. The smallest absolute Gasteiger partial charge is 0.268 e. The van der Waals surface area contributed by atoms with Crippen LogP contribution in [0.4, 0.5) is 10.1 Å². The Hall–Kier alpha value is -2.73. The van der Waals surface area contributed by atoms with E-state index in [1.54, 1.807) is 0 Å². The van der Waals surface area contributed by atoms with E-state index in [1.807, 2.05) is 30.3 Å². The fourth-order valence-electron chi connectivity index (χ4n) is 2.41. The first-order valence-electron chi connectivity index (χ1n) is 7.39. The van der Waals surface area contributed by atoms with Crippen molar-refractivity contribution >= 4 is 38.9 Å². The maximum atomic E-state index is 13.2. The first-order chi connectivity index (χ1) is 11.5. The lowest BCUT2D eigenvalue weighted by Gasteiger charge is -2.21. The predicted octanol–water partition coefficient (Wildman–Crippen LogP) is 3.56. The molecule has 0 spiro atoms. The van der Waals surface area contributed by atoms with Gasteiger partial charge in [-0.1, -0.05) is 18.2 Å². The van der Waals surface area contributed by atoms with Crippen molar-refractivity contribution in [2.24, 2.45) is 5.73 Å². The molecular formula is C18H15FN2O2S. The van der Waals surface area contributed by atoms with E-state index in [2.05, 4.69) is 0 Å². The third kappa shape index (κ3) is 3.44. The summed E-state index contributed by atoms with van der Waals surface area (Å²) in [6, 6.07) is 15.1. The summed E-state index contributed by atoms with van der Waals surface area (Å²) in [5.74, 6) is -1.11. The van der Waals surface area contributed by atoms with Gasteiger partial charge in [0, 0.05) is 23.4 Å². The van der Waals surface area contributed by atoms with Gasteiger partial charge in [0.2, 0.25) is 5.91 Å². The van der Waals surface area contributed by atoms with Gasteiger partial charge in [0.15, 0.2) is 0 Å². The molecule has 0 atom stereocenters. The lowest BCUT2D eigenvalue weighted by Crippen LogP contribution is -2.33. The molecule has 0 fully saturated rings. The molecule has 4 nitrogen and oxygen atoms in total. The topological polar surface area (TPSA) is 63.4 Å². The first kappa shape index (κ1) is 16.1. The van der Waals surface area contributed by atoms with Crippen LogP contribution in [0, 0.1) is 5.82 Å². The van der Waals surface area contributed by atoms with Crippen molar-refractivity contribution < 1.29 is 14.0 Å². The molecule has 1 aromatic heterocycles. The number of amides is 2. The molecule has 0 unspecified atom stereocenters. The van der Waals surface area contributed by atoms with Gasteiger partial charge >= 0.3 is 0 Å². The number of carbonyl (C=O) groups is 2. The SMILES string of the molecule is NC(=O)CCN(C(=O)c1cc2ccccc2s1)c1ccc(F)cc1. The molecule has 0 aliphatic rings. The van der Waals surface area contributed by atoms with Gasteiger partial charge < -0.3 is 10.6 Å². The molecule has 0 saturated heterocycles. The van der Waals surface area contributed by atoms with Crippen LogP contribution in [0.1, 0.15) is 16.1 Å². The monoisotopic (exact) mass is 342 g/mol. The van der Waals surface area contributed by atoms with Gasteiger partial charge in [0.25, 0.3) is 5.91 Å². The molecule has 0 aliphatic heterocycles. The second-order valence-corrected chi connectivity index (χ2v) is 6.38. The highest BCUT2D eigenvalue weighted by Crippen LogP contribution is 2.28. The summed E-state index contributed by atoms with van der Waals surface area (Å²) in [5.41, 5.74) is 5.74. The third-order valence-electron chi connectivity index (χ3n) is 3.60. The Balaban J connectivity index is 1.95. The number of nitrogens with zero attached hydrogens (tertiary/aromatic N) is 1. The maximum absolute atomic E-state index is 13.2. The van der Waals surface area contributed by atoms with Gasteiger partial charge in [0.1, 0.15) is 5.82 Å². The molecule has 24 heavy (non-hydrogen) atoms. The van der Waals surface area contributed by atoms with Crippen molar-refractivity contribution in [1.82, 2.24) is 0 Å². The van der Waals surface area contributed by atoms with E-state index in [0.717, 1.165) is 10.1 Å². The van der Waals surface area contributed by atoms with Crippen LogP contribution in [0.3, 0.4) is 0 Å². The number of carbonyl (C=O) groups excluding carboxylic acids is 2. The lowest BCUT2D eigenvalue weighted by atomic mass is 10.2. The van der Waals surface area contributed by atoms with Crippen LogP contribution < -0.4 is 10.6 Å². The third-order valence-corrected chi connectivity index (χ3v) is 4.71. The minimum Gasteiger partial charge on any atom is -0.370 e. The Morgan fingerprint density at radius 1 is 1.08 bits per heavy atom. The van der Waals surface area contributed by atoms with Crippen LogP contribution in [-0.4, -0.2) is 18.4 Å². The van der Waals surface area contributed by atoms with Gasteiger partial charge in [-0.2, -0.15) is 0 Å². The minimum absolute atomic E-state index is 0.0357. The molecule has 0 aliphatic carbocycles. The van der Waals surface area contributed by atoms with Crippen molar-refractivity contribution in [3.05, 3.63) is 65.3 Å². The van der Waals surface area contributed by atoms with Gasteiger partial charge in [-0.3, -0.25) is 9.59 Å². The average Bonchev–Trinajstić information content (AvgIpc) is 3.00. The van der Waals surface area contributed by atoms with E-state index in [1.165, 1.54) is 40.5 Å². The number of anilines is 1. The highest BCUT2D eigenvalue weighted by Gasteiger charge is 2.20. The Morgan fingerprint density at radius 3 is 2.46 bits per heavy atom. The zero-order chi connectivity index (χ0) is 17.1. The Bertz CT molecular complexity index is 856. The highest BCUT2D eigenvalue weighted by molar-refractivity contribution is 7.20. The van der Waals surface area contributed by atoms with Crippen LogP contribution in [0.25, 0.3) is 10.1 Å². The molecule has 2 N–H and O–H groups in total. The highest BCUT2D eigenvalue weighted by atomic mass is 32.1. The van der Waals surface area contributed by atoms with E-state index in [4.69, 9.17) is 5.73 Å². The van der Waals surface area contributed by atoms with E-state index in [0.29, 0.717) is 10.6 Å². The number of nitrogens with two attached hydrogens (primary N) is 1. The molecule has 3 aromatic rings. The zero-order valence-corrected chi connectivity index (χ0v) is 13.6. The quantitative estimate of drug-likeness (QED) is 0.770. The number of halogens is 1. The molecule has 3 rings (SSSR count). The van der Waals surface area contributed by atoms with Crippen LogP contribution >= 0.6 is 11.3 Å². The van der Waals surface area contributed by atoms with Crippen molar-refractivity contribution in [3.63, 3.8) is 0 Å². The molecule has 122 valence electrons. The fourth-order valence-corrected chi connectivity index (χ4v) is 3.42. The summed E-state index contributed by atoms with van der Waals surface area (Å²) in [6.45, 7) is 0.147. The van der Waals surface area contributed by atoms with Gasteiger partial charge in [-0.15, -0.1) is 11.3 Å². The number of thiophene rings is 1. The number of fused-ring (bicyclic) bond motifs is 1. The minimum atomic E-state index is -0.494. The van der Waals surface area contributed by atoms with Crippen molar-refractivity contribution in [2.45, 2.75) is 6.42 Å². The summed E-state index contributed by atoms with van der Waals surface area (Å²) < 4.78 is 14.2. The number of hydrogen-bond donors (Lipinski definition) is 1. The van der Waals surface area contributed by atoms with Gasteiger partial charge in [-0.05, 0) is 41.8 Å². The molecule has 2 aromatic carbocycles. The Morgan fingerprint density at radius 2 is 1.79 bits per heavy atom. The number of primary amides is 1. The first-order valence-corrected chi connectivity index (χ1v) is 8.20. The summed E-state index contributed by atoms with van der Waals surface area (Å²) in [7, 11) is 0. The Labute approximate surface area is 142 Å². The predicted molar refractivity (Wildman–Crippen MR) is 93.7 cm³/mol. The number of hydrogen-bond acceptors (Lipinski definition) is 3. The van der Waals surface area contributed by atoms with Crippen molar-refractivity contribution in [1.29, 1.82) is 0 Å². The van der Waals surface area contributed by atoms with E-state index >= 15 is 0 Å². The normalized spacial score (nSPS) is 10.7. The number of benzene rings is 2. The molecule has 2 amide bonds. The second-order valence-electron chi connectivity index (χ2n) is 5.30. The Kier molecular flexibility index (Phi) is 4.57. The summed E-state index contributed by atoms with van der Waals surface area (Å²) in [5, 5.41) is 0.986. The van der Waals surface area contributed by atoms with Crippen LogP contribution in [-0.2, 0) is 4.79 Å². The zero-order valence-electron chi connectivity index (χ0n) is 12.7. The van der Waals surface area contributed by atoms with E-state index in [9.17, 15) is 14.0 Å². The standard InChI is InChI=1S/C18H15FN2O2S/c19-13-5-7-14(8-6-13)21(10-9-17(20)22)18(23)16-11-12-3-1-2-4-15(12)24-16/h1-8,11H,9-10H2,(H2,20,22). The largest absolute Gasteiger partial charge is 0.370 e. The average molecular weight is 342 g/mol. The molecule has 0 bridgehead atoms. The fraction of sp³-hybridized carbons (Fsp3) is 0.111. The van der Waals surface area contributed by atoms with Crippen LogP contribution in [0.15, 0.2) is 54.6 Å². The van der Waals surface area contributed by atoms with Crippen molar-refractivity contribution in [3.8, 4) is 0 Å². The second kappa shape index (κ2) is 6.80. The van der Waals surface area contributed by atoms with E-state index < -0.39 is 5.91 Å². The van der Waals surface area contributed by atoms with Gasteiger partial charge in [0.05, 0.1) is 4.88 Å². The number of rotatable bonds is 5. The maximum Gasteiger partial charge on any atom is 0.268 e. The molecule has 0 saturated carbocycles. The molecule has 6 heteroatoms. The van der Waals surface area contributed by atoms with Gasteiger partial charge in [-0.25, -0.2) is 4.39 Å². The lowest BCUT2D eigenvalue weighted by molar-refractivity contribution is -0.117. The van der Waals surface area contributed by atoms with E-state index in [-0.39, 0.29) is 24.7 Å².